The second-order valence-electron chi connectivity index (χ2n) is 23.3. The van der Waals surface area contributed by atoms with E-state index in [4.69, 9.17) is 18.9 Å². The first kappa shape index (κ1) is 81.7. The summed E-state index contributed by atoms with van der Waals surface area (Å²) >= 11 is 0. The van der Waals surface area contributed by atoms with Crippen LogP contribution in [0.3, 0.4) is 0 Å². The number of esters is 2. The van der Waals surface area contributed by atoms with E-state index in [1.807, 2.05) is 21.1 Å². The molecule has 490 valence electrons. The Morgan fingerprint density at radius 1 is 0.345 bits per heavy atom. The van der Waals surface area contributed by atoms with Crippen molar-refractivity contribution in [3.8, 4) is 0 Å². The van der Waals surface area contributed by atoms with Crippen molar-refractivity contribution >= 4 is 17.9 Å². The van der Waals surface area contributed by atoms with Gasteiger partial charge in [0.25, 0.3) is 0 Å². The van der Waals surface area contributed by atoms with Crippen LogP contribution in [-0.4, -0.2) is 82.3 Å². The van der Waals surface area contributed by atoms with E-state index in [2.05, 4.69) is 184 Å². The highest BCUT2D eigenvalue weighted by molar-refractivity contribution is 5.70. The minimum absolute atomic E-state index is 0.136. The molecule has 0 heterocycles. The number of hydrogen-bond acceptors (Lipinski definition) is 8. The number of quaternary nitrogens is 1. The number of nitrogens with zero attached hydrogens (tertiary/aromatic N) is 1. The number of aliphatic carboxylic acids is 1. The molecule has 0 fully saturated rings. The Hall–Kier alpha value is -5.35. The minimum atomic E-state index is -1.64. The Bertz CT molecular complexity index is 2030. The topological polar surface area (TPSA) is 111 Å². The molecule has 0 aromatic heterocycles. The Morgan fingerprint density at radius 2 is 0.621 bits per heavy atom. The van der Waals surface area contributed by atoms with Crippen LogP contribution in [0.2, 0.25) is 0 Å². The first-order chi connectivity index (χ1) is 42.6. The molecule has 0 bridgehead atoms. The molecule has 9 heteroatoms. The van der Waals surface area contributed by atoms with Crippen LogP contribution in [0.5, 0.6) is 0 Å². The second kappa shape index (κ2) is 66.6. The zero-order valence-corrected chi connectivity index (χ0v) is 55.8. The zero-order valence-electron chi connectivity index (χ0n) is 55.8. The summed E-state index contributed by atoms with van der Waals surface area (Å²) in [4.78, 5) is 37.5. The first-order valence-corrected chi connectivity index (χ1v) is 34.3. The zero-order chi connectivity index (χ0) is 63.3. The summed E-state index contributed by atoms with van der Waals surface area (Å²) < 4.78 is 22.8. The van der Waals surface area contributed by atoms with Gasteiger partial charge in [-0.05, 0) is 128 Å². The fourth-order valence-electron chi connectivity index (χ4n) is 8.79. The van der Waals surface area contributed by atoms with Crippen molar-refractivity contribution in [1.82, 2.24) is 0 Å². The molecule has 2 atom stereocenters. The number of rotatable bonds is 61. The van der Waals surface area contributed by atoms with Gasteiger partial charge in [-0.2, -0.15) is 0 Å². The Labute approximate surface area is 533 Å². The minimum Gasteiger partial charge on any atom is -0.545 e. The number of allylic oxidation sites excluding steroid dienone is 28. The highest BCUT2D eigenvalue weighted by atomic mass is 16.7. The third-order valence-corrected chi connectivity index (χ3v) is 14.0. The van der Waals surface area contributed by atoms with Crippen molar-refractivity contribution in [2.75, 3.05) is 47.5 Å². The van der Waals surface area contributed by atoms with Crippen molar-refractivity contribution in [2.45, 2.75) is 257 Å². The Kier molecular flexibility index (Phi) is 62.5. The number of ether oxygens (including phenoxy) is 4. The van der Waals surface area contributed by atoms with Crippen LogP contribution in [0.25, 0.3) is 0 Å². The van der Waals surface area contributed by atoms with Crippen LogP contribution in [0.15, 0.2) is 170 Å². The maximum Gasteiger partial charge on any atom is 0.306 e. The lowest BCUT2D eigenvalue weighted by Gasteiger charge is -2.26. The van der Waals surface area contributed by atoms with Crippen molar-refractivity contribution in [2.24, 2.45) is 0 Å². The molecule has 0 radical (unpaired) electrons. The van der Waals surface area contributed by atoms with Crippen molar-refractivity contribution in [1.29, 1.82) is 0 Å². The summed E-state index contributed by atoms with van der Waals surface area (Å²) in [5.74, 6) is -2.32. The molecule has 87 heavy (non-hydrogen) atoms. The fourth-order valence-corrected chi connectivity index (χ4v) is 8.79. The molecule has 0 saturated heterocycles. The number of hydrogen-bond donors (Lipinski definition) is 0. The SMILES string of the molecule is CC/C=C\C/C=C\C/C=C\C/C=C\C/C=C\C/C=C\C/C=C\CCCCCCCCCCCC(=O)OCC(COC(OCC[N+](C)(C)C)C(=O)[O-])OC(=O)CCCCCCCCCCC/C=C\C/C=C\C/C=C\C/C=C\C/C=C\C/C=C\C/C=C\CC. The van der Waals surface area contributed by atoms with Gasteiger partial charge in [0.2, 0.25) is 0 Å². The molecule has 9 nitrogen and oxygen atoms in total. The summed E-state index contributed by atoms with van der Waals surface area (Å²) in [6.07, 6.45) is 97.0. The molecule has 0 spiro atoms. The van der Waals surface area contributed by atoms with Gasteiger partial charge in [0.05, 0.1) is 40.3 Å². The summed E-state index contributed by atoms with van der Waals surface area (Å²) in [5.41, 5.74) is 0. The molecular weight excluding hydrogens is 1080 g/mol. The van der Waals surface area contributed by atoms with E-state index in [0.717, 1.165) is 148 Å². The Morgan fingerprint density at radius 3 is 0.920 bits per heavy atom. The average molecular weight is 1200 g/mol. The lowest BCUT2D eigenvalue weighted by molar-refractivity contribution is -0.870. The molecule has 0 rings (SSSR count). The number of carbonyl (C=O) groups is 3. The standard InChI is InChI=1S/C78H125NO8/c1-6-8-10-12-14-16-18-20-22-24-26-28-30-32-34-36-38-40-42-44-46-48-50-52-54-56-58-60-62-64-66-68-75(80)85-72-74(73-86-78(77(82)83)84-71-70-79(3,4)5)87-76(81)69-67-65-63-61-59-57-55-53-51-49-47-45-43-41-39-37-35-33-31-29-27-25-23-21-19-17-15-13-11-9-7-2/h8-11,14-17,20-23,26-29,32-35,38-41,44-47,74,78H,6-7,12-13,18-19,24-25,30-31,36-37,42-43,48-73H2,1-5H3/b10-8-,11-9-,16-14-,17-15-,22-20-,23-21-,28-26-,29-27-,34-32-,35-33-,40-38-,41-39-,46-44-,47-45-. The molecule has 0 N–H and O–H groups in total. The van der Waals surface area contributed by atoms with E-state index in [0.29, 0.717) is 17.4 Å². The summed E-state index contributed by atoms with van der Waals surface area (Å²) in [6.45, 7) is 4.49. The third kappa shape index (κ3) is 68.0. The van der Waals surface area contributed by atoms with Gasteiger partial charge in [0.1, 0.15) is 13.2 Å². The molecule has 0 saturated carbocycles. The molecule has 0 aliphatic heterocycles. The highest BCUT2D eigenvalue weighted by Crippen LogP contribution is 2.15. The van der Waals surface area contributed by atoms with Crippen molar-refractivity contribution in [3.05, 3.63) is 170 Å². The van der Waals surface area contributed by atoms with Gasteiger partial charge in [-0.15, -0.1) is 0 Å². The lowest BCUT2D eigenvalue weighted by Crippen LogP contribution is -2.44. The smallest absolute Gasteiger partial charge is 0.306 e. The van der Waals surface area contributed by atoms with Crippen molar-refractivity contribution < 1.29 is 42.9 Å². The predicted octanol–water partition coefficient (Wildman–Crippen LogP) is 20.1. The molecule has 0 aromatic rings. The molecular formula is C78H125NO8. The number of unbranched alkanes of at least 4 members (excludes halogenated alkanes) is 18. The maximum atomic E-state index is 12.9. The van der Waals surface area contributed by atoms with E-state index in [-0.39, 0.29) is 38.6 Å². The van der Waals surface area contributed by atoms with E-state index in [9.17, 15) is 19.5 Å². The van der Waals surface area contributed by atoms with Gasteiger partial charge in [-0.1, -0.05) is 274 Å². The number of carboxylic acids is 1. The van der Waals surface area contributed by atoms with Crippen LogP contribution in [0.1, 0.15) is 245 Å². The quantitative estimate of drug-likeness (QED) is 0.0195. The monoisotopic (exact) mass is 1200 g/mol. The number of carboxylic acid groups (broad SMARTS) is 1. The normalized spacial score (nSPS) is 13.8. The van der Waals surface area contributed by atoms with Gasteiger partial charge in [-0.3, -0.25) is 9.59 Å². The van der Waals surface area contributed by atoms with E-state index in [1.165, 1.54) is 64.2 Å². The maximum absolute atomic E-state index is 12.9. The molecule has 0 aliphatic carbocycles. The largest absolute Gasteiger partial charge is 0.545 e. The van der Waals surface area contributed by atoms with Gasteiger partial charge >= 0.3 is 11.9 Å². The molecule has 0 aromatic carbocycles. The van der Waals surface area contributed by atoms with Gasteiger partial charge in [-0.25, -0.2) is 0 Å². The van der Waals surface area contributed by atoms with Crippen LogP contribution in [-0.2, 0) is 33.3 Å². The van der Waals surface area contributed by atoms with Gasteiger partial charge in [0.15, 0.2) is 12.4 Å². The second-order valence-corrected chi connectivity index (χ2v) is 23.3. The first-order valence-electron chi connectivity index (χ1n) is 34.3. The summed E-state index contributed by atoms with van der Waals surface area (Å²) in [7, 11) is 5.91. The van der Waals surface area contributed by atoms with Gasteiger partial charge < -0.3 is 33.3 Å². The Balaban J connectivity index is 4.23. The van der Waals surface area contributed by atoms with E-state index >= 15 is 0 Å². The van der Waals surface area contributed by atoms with Crippen LogP contribution < -0.4 is 5.11 Å². The van der Waals surface area contributed by atoms with Crippen LogP contribution in [0, 0.1) is 0 Å². The third-order valence-electron chi connectivity index (χ3n) is 14.0. The van der Waals surface area contributed by atoms with E-state index < -0.39 is 24.3 Å². The van der Waals surface area contributed by atoms with Crippen molar-refractivity contribution in [3.63, 3.8) is 0 Å². The molecule has 0 aliphatic rings. The molecule has 0 amide bonds. The lowest BCUT2D eigenvalue weighted by atomic mass is 10.1. The summed E-state index contributed by atoms with van der Waals surface area (Å²) in [5, 5.41) is 11.8. The fraction of sp³-hybridized carbons (Fsp3) is 0.603. The number of carbonyl (C=O) groups excluding carboxylic acids is 3. The van der Waals surface area contributed by atoms with Gasteiger partial charge in [0, 0.05) is 12.8 Å². The average Bonchev–Trinajstić information content (AvgIpc) is 3.51. The number of likely N-dealkylation sites (N-methyl/N-ethyl adjacent to an activating group) is 1. The van der Waals surface area contributed by atoms with E-state index in [1.54, 1.807) is 0 Å². The molecule has 2 unspecified atom stereocenters. The predicted molar refractivity (Wildman–Crippen MR) is 370 cm³/mol. The van der Waals surface area contributed by atoms with Crippen LogP contribution >= 0.6 is 0 Å². The highest BCUT2D eigenvalue weighted by Gasteiger charge is 2.22. The summed E-state index contributed by atoms with van der Waals surface area (Å²) in [6, 6.07) is 0. The van der Waals surface area contributed by atoms with Crippen LogP contribution in [0.4, 0.5) is 0 Å².